The second-order valence-electron chi connectivity index (χ2n) is 1.86. The van der Waals surface area contributed by atoms with Crippen molar-refractivity contribution in [2.45, 2.75) is 12.0 Å². The summed E-state index contributed by atoms with van der Waals surface area (Å²) in [5.41, 5.74) is 0. The highest BCUT2D eigenvalue weighted by Gasteiger charge is 2.15. The summed E-state index contributed by atoms with van der Waals surface area (Å²) in [6.07, 6.45) is 2.75. The third kappa shape index (κ3) is 4.04. The maximum atomic E-state index is 6.81. The lowest BCUT2D eigenvalue weighted by Gasteiger charge is -2.14. The highest BCUT2D eigenvalue weighted by atomic mass is 79.9. The second-order valence-corrected chi connectivity index (χ2v) is 3.53. The SMILES string of the molecule is COC(C)(Cl)/C=C(/Br)C=N. The van der Waals surface area contributed by atoms with Crippen LogP contribution < -0.4 is 0 Å². The summed E-state index contributed by atoms with van der Waals surface area (Å²) in [7, 11) is 1.51. The minimum atomic E-state index is -0.823. The van der Waals surface area contributed by atoms with Gasteiger partial charge in [0.05, 0.1) is 0 Å². The molecular formula is C6H9BrClNO. The van der Waals surface area contributed by atoms with E-state index < -0.39 is 5.06 Å². The molecule has 0 aliphatic rings. The Balaban J connectivity index is 4.22. The molecular weight excluding hydrogens is 217 g/mol. The van der Waals surface area contributed by atoms with E-state index in [0.717, 1.165) is 6.21 Å². The molecule has 0 amide bonds. The van der Waals surface area contributed by atoms with Crippen molar-refractivity contribution in [1.29, 1.82) is 5.41 Å². The van der Waals surface area contributed by atoms with E-state index in [-0.39, 0.29) is 0 Å². The predicted molar refractivity (Wildman–Crippen MR) is 47.1 cm³/mol. The molecule has 0 aliphatic heterocycles. The Morgan fingerprint density at radius 3 is 2.60 bits per heavy atom. The molecule has 0 radical (unpaired) electrons. The van der Waals surface area contributed by atoms with Crippen LogP contribution in [0.15, 0.2) is 10.6 Å². The second kappa shape index (κ2) is 4.11. The topological polar surface area (TPSA) is 33.1 Å². The maximum absolute atomic E-state index is 6.81. The molecule has 0 aromatic carbocycles. The summed E-state index contributed by atoms with van der Waals surface area (Å²) in [6.45, 7) is 1.69. The minimum Gasteiger partial charge on any atom is -0.360 e. The molecule has 1 unspecified atom stereocenters. The predicted octanol–water partition coefficient (Wildman–Crippen LogP) is 2.52. The molecule has 1 atom stereocenters. The van der Waals surface area contributed by atoms with Crippen LogP contribution in [0.3, 0.4) is 0 Å². The highest BCUT2D eigenvalue weighted by Crippen LogP contribution is 2.19. The molecule has 58 valence electrons. The van der Waals surface area contributed by atoms with Gasteiger partial charge >= 0.3 is 0 Å². The number of allylic oxidation sites excluding steroid dienone is 1. The molecule has 0 fully saturated rings. The molecule has 2 nitrogen and oxygen atoms in total. The quantitative estimate of drug-likeness (QED) is 0.582. The van der Waals surface area contributed by atoms with Gasteiger partial charge in [-0.05, 0) is 28.9 Å². The molecule has 10 heavy (non-hydrogen) atoms. The number of nitrogens with one attached hydrogen (secondary N) is 1. The minimum absolute atomic E-state index is 0.604. The van der Waals surface area contributed by atoms with E-state index in [1.807, 2.05) is 0 Å². The number of hydrogen-bond acceptors (Lipinski definition) is 2. The lowest BCUT2D eigenvalue weighted by Crippen LogP contribution is -2.15. The molecule has 0 aromatic heterocycles. The first kappa shape index (κ1) is 10.1. The maximum Gasteiger partial charge on any atom is 0.158 e. The molecule has 4 heteroatoms. The Labute approximate surface area is 73.8 Å². The summed E-state index contributed by atoms with van der Waals surface area (Å²) >= 11 is 8.87. The van der Waals surface area contributed by atoms with E-state index in [1.54, 1.807) is 13.0 Å². The molecule has 0 bridgehead atoms. The Kier molecular flexibility index (Phi) is 4.17. The van der Waals surface area contributed by atoms with Crippen LogP contribution in [0.2, 0.25) is 0 Å². The molecule has 0 heterocycles. The fraction of sp³-hybridized carbons (Fsp3) is 0.500. The van der Waals surface area contributed by atoms with Crippen molar-refractivity contribution in [2.75, 3.05) is 7.11 Å². The monoisotopic (exact) mass is 225 g/mol. The first-order chi connectivity index (χ1) is 4.52. The van der Waals surface area contributed by atoms with E-state index >= 15 is 0 Å². The molecule has 0 aliphatic carbocycles. The summed E-state index contributed by atoms with van der Waals surface area (Å²) in [5.74, 6) is 0. The zero-order chi connectivity index (χ0) is 8.20. The lowest BCUT2D eigenvalue weighted by atomic mass is 10.3. The van der Waals surface area contributed by atoms with Crippen molar-refractivity contribution < 1.29 is 4.74 Å². The number of methoxy groups -OCH3 is 1. The third-order valence-corrected chi connectivity index (χ3v) is 1.65. The third-order valence-electron chi connectivity index (χ3n) is 0.933. The molecule has 0 rings (SSSR count). The Morgan fingerprint density at radius 1 is 1.80 bits per heavy atom. The number of ether oxygens (including phenoxy) is 1. The summed E-state index contributed by atoms with van der Waals surface area (Å²) in [4.78, 5) is 0. The Bertz CT molecular complexity index is 156. The standard InChI is InChI=1S/C6H9BrClNO/c1-6(8,10-2)3-5(7)4-9/h3-4,9H,1-2H3/b5-3+,9-4?. The summed E-state index contributed by atoms with van der Waals surface area (Å²) < 4.78 is 5.47. The van der Waals surface area contributed by atoms with Gasteiger partial charge in [-0.25, -0.2) is 0 Å². The van der Waals surface area contributed by atoms with Crippen molar-refractivity contribution in [3.63, 3.8) is 0 Å². The van der Waals surface area contributed by atoms with Gasteiger partial charge in [0.25, 0.3) is 0 Å². The van der Waals surface area contributed by atoms with Crippen LogP contribution in [0.5, 0.6) is 0 Å². The van der Waals surface area contributed by atoms with Crippen molar-refractivity contribution in [3.8, 4) is 0 Å². The fourth-order valence-corrected chi connectivity index (χ4v) is 1.03. The average Bonchev–Trinajstić information content (AvgIpc) is 1.87. The van der Waals surface area contributed by atoms with Crippen molar-refractivity contribution in [1.82, 2.24) is 0 Å². The van der Waals surface area contributed by atoms with Gasteiger partial charge in [0.2, 0.25) is 0 Å². The molecule has 0 aromatic rings. The Morgan fingerprint density at radius 2 is 2.30 bits per heavy atom. The Hall–Kier alpha value is 0.140. The number of hydrogen-bond donors (Lipinski definition) is 1. The normalized spacial score (nSPS) is 18.2. The van der Waals surface area contributed by atoms with E-state index in [2.05, 4.69) is 15.9 Å². The van der Waals surface area contributed by atoms with Gasteiger partial charge < -0.3 is 10.1 Å². The van der Waals surface area contributed by atoms with Gasteiger partial charge in [0, 0.05) is 17.8 Å². The highest BCUT2D eigenvalue weighted by molar-refractivity contribution is 9.12. The fourth-order valence-electron chi connectivity index (χ4n) is 0.347. The van der Waals surface area contributed by atoms with Crippen molar-refractivity contribution in [2.24, 2.45) is 0 Å². The van der Waals surface area contributed by atoms with Crippen molar-refractivity contribution in [3.05, 3.63) is 10.6 Å². The molecule has 1 N–H and O–H groups in total. The zero-order valence-corrected chi connectivity index (χ0v) is 8.16. The smallest absolute Gasteiger partial charge is 0.158 e. The van der Waals surface area contributed by atoms with Gasteiger partial charge in [-0.2, -0.15) is 0 Å². The van der Waals surface area contributed by atoms with Crippen LogP contribution in [-0.2, 0) is 4.74 Å². The number of alkyl halides is 1. The number of halogens is 2. The van der Waals surface area contributed by atoms with Crippen LogP contribution >= 0.6 is 27.5 Å². The summed E-state index contributed by atoms with van der Waals surface area (Å²) in [6, 6.07) is 0. The first-order valence-corrected chi connectivity index (χ1v) is 3.82. The van der Waals surface area contributed by atoms with E-state index in [1.165, 1.54) is 7.11 Å². The average molecular weight is 227 g/mol. The van der Waals surface area contributed by atoms with Crippen LogP contribution in [0.4, 0.5) is 0 Å². The lowest BCUT2D eigenvalue weighted by molar-refractivity contribution is 0.120. The van der Waals surface area contributed by atoms with Crippen LogP contribution in [0.1, 0.15) is 6.92 Å². The van der Waals surface area contributed by atoms with Gasteiger partial charge in [0.15, 0.2) is 5.06 Å². The van der Waals surface area contributed by atoms with Gasteiger partial charge in [-0.15, -0.1) is 0 Å². The van der Waals surface area contributed by atoms with E-state index in [9.17, 15) is 0 Å². The van der Waals surface area contributed by atoms with Crippen LogP contribution in [-0.4, -0.2) is 18.4 Å². The van der Waals surface area contributed by atoms with Crippen LogP contribution in [0.25, 0.3) is 0 Å². The molecule has 0 saturated carbocycles. The van der Waals surface area contributed by atoms with Gasteiger partial charge in [0.1, 0.15) is 0 Å². The largest absolute Gasteiger partial charge is 0.360 e. The van der Waals surface area contributed by atoms with Gasteiger partial charge in [-0.3, -0.25) is 0 Å². The molecule has 0 spiro atoms. The molecule has 0 saturated heterocycles. The first-order valence-electron chi connectivity index (χ1n) is 2.65. The van der Waals surface area contributed by atoms with Crippen LogP contribution in [0, 0.1) is 5.41 Å². The van der Waals surface area contributed by atoms with E-state index in [4.69, 9.17) is 21.7 Å². The van der Waals surface area contributed by atoms with Crippen molar-refractivity contribution >= 4 is 33.7 Å². The van der Waals surface area contributed by atoms with Gasteiger partial charge in [-0.1, -0.05) is 11.6 Å². The number of rotatable bonds is 3. The summed E-state index contributed by atoms with van der Waals surface area (Å²) in [5, 5.41) is 5.99. The van der Waals surface area contributed by atoms with E-state index in [0.29, 0.717) is 4.48 Å². The zero-order valence-electron chi connectivity index (χ0n) is 5.82.